The van der Waals surface area contributed by atoms with Crippen molar-refractivity contribution in [2.24, 2.45) is 4.99 Å². The standard InChI is InChI=1S/C18H30N4O3/c1-15-8-6-7-9-16(15)25-13-11-22(4)18(19-10-12-24-5)20-14-17(23)21(2)3/h6-9H,10-14H2,1-5H3,(H,19,20). The van der Waals surface area contributed by atoms with Crippen LogP contribution in [-0.2, 0) is 9.53 Å². The Morgan fingerprint density at radius 3 is 2.56 bits per heavy atom. The van der Waals surface area contributed by atoms with Crippen LogP contribution in [0.3, 0.4) is 0 Å². The van der Waals surface area contributed by atoms with Crippen molar-refractivity contribution in [2.45, 2.75) is 6.92 Å². The number of aliphatic imine (C=N–C) groups is 1. The highest BCUT2D eigenvalue weighted by Crippen LogP contribution is 2.15. The second-order valence-corrected chi connectivity index (χ2v) is 5.88. The molecule has 1 amide bonds. The molecule has 1 aromatic rings. The third kappa shape index (κ3) is 7.89. The van der Waals surface area contributed by atoms with E-state index in [1.165, 1.54) is 4.90 Å². The maximum Gasteiger partial charge on any atom is 0.243 e. The van der Waals surface area contributed by atoms with Gasteiger partial charge in [0.15, 0.2) is 5.96 Å². The van der Waals surface area contributed by atoms with Gasteiger partial charge in [-0.05, 0) is 18.6 Å². The maximum atomic E-state index is 11.8. The predicted octanol–water partition coefficient (Wildman–Crippen LogP) is 0.986. The summed E-state index contributed by atoms with van der Waals surface area (Å²) >= 11 is 0. The maximum absolute atomic E-state index is 11.8. The van der Waals surface area contributed by atoms with Crippen LogP contribution in [0.2, 0.25) is 0 Å². The van der Waals surface area contributed by atoms with E-state index in [9.17, 15) is 4.79 Å². The first-order chi connectivity index (χ1) is 12.0. The number of para-hydroxylation sites is 1. The Balaban J connectivity index is 2.58. The van der Waals surface area contributed by atoms with Crippen LogP contribution in [0.15, 0.2) is 29.3 Å². The molecule has 0 bridgehead atoms. The number of hydrogen-bond acceptors (Lipinski definition) is 4. The van der Waals surface area contributed by atoms with E-state index in [1.54, 1.807) is 21.2 Å². The molecule has 0 spiro atoms. The Labute approximate surface area is 150 Å². The van der Waals surface area contributed by atoms with Gasteiger partial charge >= 0.3 is 0 Å². The van der Waals surface area contributed by atoms with Crippen molar-refractivity contribution >= 4 is 11.9 Å². The highest BCUT2D eigenvalue weighted by atomic mass is 16.5. The number of carbonyl (C=O) groups is 1. The molecular formula is C18H30N4O3. The van der Waals surface area contributed by atoms with E-state index in [0.717, 1.165) is 11.3 Å². The molecule has 7 nitrogen and oxygen atoms in total. The number of rotatable bonds is 9. The van der Waals surface area contributed by atoms with Crippen LogP contribution >= 0.6 is 0 Å². The number of aryl methyl sites for hydroxylation is 1. The molecule has 0 aliphatic carbocycles. The number of methoxy groups -OCH3 is 1. The molecule has 1 rings (SSSR count). The number of likely N-dealkylation sites (N-methyl/N-ethyl adjacent to an activating group) is 2. The molecule has 0 aliphatic heterocycles. The van der Waals surface area contributed by atoms with Gasteiger partial charge in [-0.3, -0.25) is 4.79 Å². The lowest BCUT2D eigenvalue weighted by molar-refractivity contribution is -0.127. The molecule has 0 fully saturated rings. The number of benzene rings is 1. The van der Waals surface area contributed by atoms with E-state index in [4.69, 9.17) is 9.47 Å². The molecule has 0 aromatic heterocycles. The summed E-state index contributed by atoms with van der Waals surface area (Å²) in [4.78, 5) is 19.6. The van der Waals surface area contributed by atoms with Gasteiger partial charge in [-0.25, -0.2) is 4.99 Å². The smallest absolute Gasteiger partial charge is 0.243 e. The number of hydrogen-bond donors (Lipinski definition) is 1. The number of nitrogens with one attached hydrogen (secondary N) is 1. The summed E-state index contributed by atoms with van der Waals surface area (Å²) in [6, 6.07) is 7.92. The summed E-state index contributed by atoms with van der Waals surface area (Å²) in [5.74, 6) is 1.49. The van der Waals surface area contributed by atoms with Crippen molar-refractivity contribution in [2.75, 3.05) is 61.1 Å². The summed E-state index contributed by atoms with van der Waals surface area (Å²) in [7, 11) is 7.00. The molecule has 0 atom stereocenters. The molecule has 0 radical (unpaired) electrons. The lowest BCUT2D eigenvalue weighted by atomic mass is 10.2. The molecule has 7 heteroatoms. The number of amides is 1. The Hall–Kier alpha value is -2.28. The third-order valence-electron chi connectivity index (χ3n) is 3.59. The molecule has 25 heavy (non-hydrogen) atoms. The SMILES string of the molecule is COCCNC(=NCC(=O)N(C)C)N(C)CCOc1ccccc1C. The molecule has 0 heterocycles. The first kappa shape index (κ1) is 20.8. The minimum atomic E-state index is -0.0457. The fourth-order valence-electron chi connectivity index (χ4n) is 1.98. The average molecular weight is 350 g/mol. The minimum Gasteiger partial charge on any atom is -0.491 e. The van der Waals surface area contributed by atoms with Crippen molar-refractivity contribution in [1.29, 1.82) is 0 Å². The largest absolute Gasteiger partial charge is 0.491 e. The molecule has 0 saturated carbocycles. The van der Waals surface area contributed by atoms with Crippen LogP contribution in [0.4, 0.5) is 0 Å². The summed E-state index contributed by atoms with van der Waals surface area (Å²) in [6.07, 6.45) is 0. The van der Waals surface area contributed by atoms with Gasteiger partial charge in [0, 0.05) is 34.8 Å². The van der Waals surface area contributed by atoms with Gasteiger partial charge in [0.05, 0.1) is 13.2 Å². The first-order valence-electron chi connectivity index (χ1n) is 8.32. The summed E-state index contributed by atoms with van der Waals surface area (Å²) in [6.45, 7) is 4.47. The Kier molecular flexibility index (Phi) is 9.39. The highest BCUT2D eigenvalue weighted by molar-refractivity contribution is 5.84. The van der Waals surface area contributed by atoms with Crippen molar-refractivity contribution in [1.82, 2.24) is 15.1 Å². The van der Waals surface area contributed by atoms with Crippen LogP contribution in [0.25, 0.3) is 0 Å². The second-order valence-electron chi connectivity index (χ2n) is 5.88. The fourth-order valence-corrected chi connectivity index (χ4v) is 1.98. The molecule has 0 unspecified atom stereocenters. The number of ether oxygens (including phenoxy) is 2. The van der Waals surface area contributed by atoms with Gasteiger partial charge in [-0.2, -0.15) is 0 Å². The number of nitrogens with zero attached hydrogens (tertiary/aromatic N) is 3. The van der Waals surface area contributed by atoms with Gasteiger partial charge < -0.3 is 24.6 Å². The quantitative estimate of drug-likeness (QED) is 0.409. The zero-order valence-electron chi connectivity index (χ0n) is 15.9. The normalized spacial score (nSPS) is 11.2. The lowest BCUT2D eigenvalue weighted by Gasteiger charge is -2.23. The summed E-state index contributed by atoms with van der Waals surface area (Å²) in [5, 5.41) is 3.20. The number of guanidine groups is 1. The second kappa shape index (κ2) is 11.3. The van der Waals surface area contributed by atoms with Crippen LogP contribution < -0.4 is 10.1 Å². The van der Waals surface area contributed by atoms with E-state index in [1.807, 2.05) is 43.1 Å². The van der Waals surface area contributed by atoms with Gasteiger partial charge in [-0.1, -0.05) is 18.2 Å². The lowest BCUT2D eigenvalue weighted by Crippen LogP contribution is -2.42. The van der Waals surface area contributed by atoms with Gasteiger partial charge in [0.2, 0.25) is 5.91 Å². The van der Waals surface area contributed by atoms with E-state index < -0.39 is 0 Å². The van der Waals surface area contributed by atoms with Gasteiger partial charge in [0.1, 0.15) is 18.9 Å². The Bertz CT molecular complexity index is 561. The van der Waals surface area contributed by atoms with E-state index in [-0.39, 0.29) is 12.5 Å². The number of carbonyl (C=O) groups excluding carboxylic acids is 1. The molecular weight excluding hydrogens is 320 g/mol. The zero-order chi connectivity index (χ0) is 18.7. The highest BCUT2D eigenvalue weighted by Gasteiger charge is 2.09. The Morgan fingerprint density at radius 1 is 1.20 bits per heavy atom. The molecule has 0 aliphatic rings. The molecule has 140 valence electrons. The Morgan fingerprint density at radius 2 is 1.92 bits per heavy atom. The van der Waals surface area contributed by atoms with E-state index in [2.05, 4.69) is 10.3 Å². The summed E-state index contributed by atoms with van der Waals surface area (Å²) < 4.78 is 10.9. The van der Waals surface area contributed by atoms with Gasteiger partial charge in [-0.15, -0.1) is 0 Å². The van der Waals surface area contributed by atoms with Crippen LogP contribution in [-0.4, -0.2) is 82.8 Å². The molecule has 1 N–H and O–H groups in total. The topological polar surface area (TPSA) is 66.4 Å². The summed E-state index contributed by atoms with van der Waals surface area (Å²) in [5.41, 5.74) is 1.11. The van der Waals surface area contributed by atoms with Crippen molar-refractivity contribution in [3.05, 3.63) is 29.8 Å². The monoisotopic (exact) mass is 350 g/mol. The van der Waals surface area contributed by atoms with E-state index >= 15 is 0 Å². The third-order valence-corrected chi connectivity index (χ3v) is 3.59. The van der Waals surface area contributed by atoms with Crippen LogP contribution in [0.5, 0.6) is 5.75 Å². The molecule has 1 aromatic carbocycles. The average Bonchev–Trinajstić information content (AvgIpc) is 2.59. The molecule has 0 saturated heterocycles. The fraction of sp³-hybridized carbons (Fsp3) is 0.556. The van der Waals surface area contributed by atoms with Gasteiger partial charge in [0.25, 0.3) is 0 Å². The van der Waals surface area contributed by atoms with Crippen LogP contribution in [0, 0.1) is 6.92 Å². The van der Waals surface area contributed by atoms with Crippen molar-refractivity contribution in [3.63, 3.8) is 0 Å². The minimum absolute atomic E-state index is 0.0457. The van der Waals surface area contributed by atoms with Crippen LogP contribution in [0.1, 0.15) is 5.56 Å². The van der Waals surface area contributed by atoms with E-state index in [0.29, 0.717) is 32.3 Å². The van der Waals surface area contributed by atoms with Crippen molar-refractivity contribution < 1.29 is 14.3 Å². The van der Waals surface area contributed by atoms with Crippen molar-refractivity contribution in [3.8, 4) is 5.75 Å². The first-order valence-corrected chi connectivity index (χ1v) is 8.32. The zero-order valence-corrected chi connectivity index (χ0v) is 15.9. The predicted molar refractivity (Wildman–Crippen MR) is 100 cm³/mol.